The van der Waals surface area contributed by atoms with Crippen molar-refractivity contribution in [2.75, 3.05) is 19.8 Å². The first-order chi connectivity index (χ1) is 17.6. The summed E-state index contributed by atoms with van der Waals surface area (Å²) < 4.78 is 30.6. The van der Waals surface area contributed by atoms with Crippen molar-refractivity contribution in [2.24, 2.45) is 10.8 Å². The van der Waals surface area contributed by atoms with E-state index in [1.54, 1.807) is 25.2 Å². The molecular formula is C29H38O8. The molecule has 3 fully saturated rings. The van der Waals surface area contributed by atoms with Gasteiger partial charge in [-0.15, -0.1) is 0 Å². The van der Waals surface area contributed by atoms with E-state index >= 15 is 0 Å². The van der Waals surface area contributed by atoms with E-state index in [1.165, 1.54) is 17.7 Å². The number of cyclic esters (lactones) is 1. The third-order valence-corrected chi connectivity index (χ3v) is 9.24. The molecule has 8 atom stereocenters. The number of carbonyl (C=O) groups is 2. The molecular weight excluding hydrogens is 476 g/mol. The summed E-state index contributed by atoms with van der Waals surface area (Å²) in [4.78, 5) is 25.9. The van der Waals surface area contributed by atoms with E-state index in [-0.39, 0.29) is 18.8 Å². The second-order valence-electron chi connectivity index (χ2n) is 11.4. The third-order valence-electron chi connectivity index (χ3n) is 9.24. The first-order valence-corrected chi connectivity index (χ1v) is 13.3. The zero-order chi connectivity index (χ0) is 26.4. The van der Waals surface area contributed by atoms with Gasteiger partial charge in [-0.25, -0.2) is 9.59 Å². The van der Waals surface area contributed by atoms with Gasteiger partial charge in [-0.05, 0) is 40.0 Å². The molecule has 8 heteroatoms. The Labute approximate surface area is 218 Å². The number of aliphatic hydroxyl groups excluding tert-OH is 1. The quantitative estimate of drug-likeness (QED) is 0.323. The van der Waals surface area contributed by atoms with Gasteiger partial charge in [-0.1, -0.05) is 42.4 Å². The lowest BCUT2D eigenvalue weighted by atomic mass is 9.51. The number of hydrogen-bond donors (Lipinski definition) is 1. The highest BCUT2D eigenvalue weighted by atomic mass is 16.6. The summed E-state index contributed by atoms with van der Waals surface area (Å²) in [6.07, 6.45) is 10.5. The lowest BCUT2D eigenvalue weighted by molar-refractivity contribution is -0.232. The minimum absolute atomic E-state index is 0.144. The molecule has 0 aromatic carbocycles. The molecule has 5 rings (SSSR count). The summed E-state index contributed by atoms with van der Waals surface area (Å²) in [6.45, 7) is 8.73. The van der Waals surface area contributed by atoms with E-state index in [9.17, 15) is 14.7 Å². The number of epoxide rings is 1. The molecule has 1 N–H and O–H groups in total. The second-order valence-corrected chi connectivity index (χ2v) is 11.4. The fourth-order valence-corrected chi connectivity index (χ4v) is 6.85. The molecule has 0 amide bonds. The summed E-state index contributed by atoms with van der Waals surface area (Å²) >= 11 is 0. The Morgan fingerprint density at radius 1 is 1.05 bits per heavy atom. The van der Waals surface area contributed by atoms with Gasteiger partial charge >= 0.3 is 11.9 Å². The Bertz CT molecular complexity index is 1050. The van der Waals surface area contributed by atoms with Crippen molar-refractivity contribution in [1.29, 1.82) is 0 Å². The van der Waals surface area contributed by atoms with Gasteiger partial charge in [0.25, 0.3) is 0 Å². The Kier molecular flexibility index (Phi) is 6.98. The van der Waals surface area contributed by atoms with Gasteiger partial charge in [0.2, 0.25) is 0 Å². The number of carbonyl (C=O) groups excluding carboxylic acids is 2. The van der Waals surface area contributed by atoms with E-state index in [0.717, 1.165) is 18.4 Å². The van der Waals surface area contributed by atoms with Crippen molar-refractivity contribution in [3.05, 3.63) is 47.6 Å². The Balaban J connectivity index is 1.51. The van der Waals surface area contributed by atoms with Crippen molar-refractivity contribution in [3.63, 3.8) is 0 Å². The number of ether oxygens (including phenoxy) is 5. The highest BCUT2D eigenvalue weighted by Crippen LogP contribution is 2.72. The van der Waals surface area contributed by atoms with Crippen LogP contribution in [0.3, 0.4) is 0 Å². The van der Waals surface area contributed by atoms with Crippen LogP contribution in [-0.2, 0) is 33.3 Å². The van der Waals surface area contributed by atoms with E-state index in [0.29, 0.717) is 26.1 Å². The molecule has 1 saturated carbocycles. The van der Waals surface area contributed by atoms with Crippen LogP contribution in [0.4, 0.5) is 0 Å². The van der Waals surface area contributed by atoms with Crippen LogP contribution in [0, 0.1) is 10.8 Å². The van der Waals surface area contributed by atoms with Crippen LogP contribution in [-0.4, -0.2) is 73.0 Å². The summed E-state index contributed by atoms with van der Waals surface area (Å²) in [5.41, 5.74) is 0.318. The monoisotopic (exact) mass is 514 g/mol. The van der Waals surface area contributed by atoms with Crippen LogP contribution in [0.2, 0.25) is 0 Å². The lowest BCUT2D eigenvalue weighted by Gasteiger charge is -2.58. The summed E-state index contributed by atoms with van der Waals surface area (Å²) in [5.74, 6) is -0.879. The van der Waals surface area contributed by atoms with Gasteiger partial charge in [0.15, 0.2) is 0 Å². The fourth-order valence-electron chi connectivity index (χ4n) is 6.85. The highest BCUT2D eigenvalue weighted by Gasteiger charge is 2.83. The van der Waals surface area contributed by atoms with Crippen molar-refractivity contribution in [3.8, 4) is 0 Å². The fraction of sp³-hybridized carbons (Fsp3) is 0.655. The molecule has 0 radical (unpaired) electrons. The topological polar surface area (TPSA) is 104 Å². The summed E-state index contributed by atoms with van der Waals surface area (Å²) in [6, 6.07) is 0. The largest absolute Gasteiger partial charge is 0.462 e. The van der Waals surface area contributed by atoms with Gasteiger partial charge in [0.1, 0.15) is 24.4 Å². The number of allylic oxidation sites excluding steroid dienone is 3. The number of hydrogen-bond acceptors (Lipinski definition) is 8. The average molecular weight is 515 g/mol. The third kappa shape index (κ3) is 4.42. The van der Waals surface area contributed by atoms with E-state index in [4.69, 9.17) is 23.7 Å². The molecule has 3 aliphatic heterocycles. The van der Waals surface area contributed by atoms with Crippen molar-refractivity contribution in [2.45, 2.75) is 89.5 Å². The minimum Gasteiger partial charge on any atom is -0.462 e. The summed E-state index contributed by atoms with van der Waals surface area (Å²) in [7, 11) is 0. The van der Waals surface area contributed by atoms with Crippen LogP contribution >= 0.6 is 0 Å². The second kappa shape index (κ2) is 9.80. The number of rotatable bonds is 1. The van der Waals surface area contributed by atoms with Crippen LogP contribution in [0.15, 0.2) is 47.6 Å². The van der Waals surface area contributed by atoms with Gasteiger partial charge in [0, 0.05) is 24.0 Å². The molecule has 1 unspecified atom stereocenters. The van der Waals surface area contributed by atoms with Crippen LogP contribution in [0.5, 0.6) is 0 Å². The maximum Gasteiger partial charge on any atom is 0.331 e. The van der Waals surface area contributed by atoms with Gasteiger partial charge in [0.05, 0.1) is 36.9 Å². The van der Waals surface area contributed by atoms with Gasteiger partial charge in [-0.2, -0.15) is 0 Å². The van der Waals surface area contributed by atoms with Crippen LogP contribution < -0.4 is 0 Å². The molecule has 0 aromatic rings. The highest BCUT2D eigenvalue weighted by molar-refractivity contribution is 5.83. The smallest absolute Gasteiger partial charge is 0.331 e. The molecule has 2 spiro atoms. The zero-order valence-electron chi connectivity index (χ0n) is 22.1. The Hall–Kier alpha value is -2.26. The Morgan fingerprint density at radius 2 is 1.84 bits per heavy atom. The maximum absolute atomic E-state index is 12.9. The predicted molar refractivity (Wildman–Crippen MR) is 134 cm³/mol. The SMILES string of the molecule is CC1=C[C@H]2O[C@@H]3CC4OC(=O)/C=C\C=C/[C@H]([C@@H](C)O)OCC/C(C)=C\C(=O)OC[C@@]2(CC1)[C@]4(C)[C@]31CO1. The predicted octanol–water partition coefficient (Wildman–Crippen LogP) is 3.34. The first-order valence-electron chi connectivity index (χ1n) is 13.3. The van der Waals surface area contributed by atoms with Gasteiger partial charge < -0.3 is 28.8 Å². The molecule has 8 nitrogen and oxygen atoms in total. The minimum atomic E-state index is -0.735. The molecule has 37 heavy (non-hydrogen) atoms. The number of esters is 2. The molecule has 2 saturated heterocycles. The number of aliphatic hydroxyl groups is 1. The molecule has 0 aromatic heterocycles. The van der Waals surface area contributed by atoms with E-state index < -0.39 is 46.7 Å². The molecule has 2 bridgehead atoms. The molecule has 2 aliphatic carbocycles. The van der Waals surface area contributed by atoms with Crippen LogP contribution in [0.1, 0.15) is 53.4 Å². The summed E-state index contributed by atoms with van der Waals surface area (Å²) in [5, 5.41) is 10.0. The molecule has 5 aliphatic rings. The molecule has 202 valence electrons. The van der Waals surface area contributed by atoms with Crippen molar-refractivity contribution >= 4 is 11.9 Å². The maximum atomic E-state index is 12.9. The standard InChI is InChI=1S/C29H38O8/c1-18-9-11-28-16-34-26(32)14-19(2)10-12-33-21(20(3)30)7-5-6-8-25(31)37-22-15-24(36-23(28)13-18)29(17-35-29)27(22,28)4/h5-8,13-14,20-24,30H,9-12,15-17H2,1-4H3/b7-5-,8-6-,19-14-/t20-,21-,22?,23-,24-,27-,28-,29+/m1/s1. The van der Waals surface area contributed by atoms with Crippen molar-refractivity contribution < 1.29 is 38.4 Å². The average Bonchev–Trinajstić information content (AvgIpc) is 3.61. The molecule has 3 heterocycles. The first kappa shape index (κ1) is 26.4. The van der Waals surface area contributed by atoms with E-state index in [2.05, 4.69) is 19.9 Å². The van der Waals surface area contributed by atoms with Gasteiger partial charge in [-0.3, -0.25) is 0 Å². The normalized spacial score (nSPS) is 46.2. The Morgan fingerprint density at radius 3 is 2.57 bits per heavy atom. The lowest BCUT2D eigenvalue weighted by Crippen LogP contribution is -2.66. The van der Waals surface area contributed by atoms with Crippen LogP contribution in [0.25, 0.3) is 0 Å². The zero-order valence-corrected chi connectivity index (χ0v) is 22.1. The van der Waals surface area contributed by atoms with Crippen molar-refractivity contribution in [1.82, 2.24) is 0 Å². The van der Waals surface area contributed by atoms with E-state index in [1.807, 2.05) is 6.92 Å².